The average Bonchev–Trinajstić information content (AvgIpc) is 2.39. The Balaban J connectivity index is 2.01. The van der Waals surface area contributed by atoms with Crippen LogP contribution < -0.4 is 0 Å². The summed E-state index contributed by atoms with van der Waals surface area (Å²) in [6, 6.07) is 0. The van der Waals surface area contributed by atoms with Crippen LogP contribution in [0.1, 0.15) is 39.0 Å². The molecule has 3 heteroatoms. The number of methoxy groups -OCH3 is 1. The van der Waals surface area contributed by atoms with Crippen molar-refractivity contribution in [2.75, 3.05) is 7.11 Å². The van der Waals surface area contributed by atoms with E-state index in [0.717, 1.165) is 0 Å². The second-order valence-corrected chi connectivity index (χ2v) is 5.19. The largest absolute Gasteiger partial charge is 0.467 e. The van der Waals surface area contributed by atoms with Crippen LogP contribution in [-0.2, 0) is 14.3 Å². The average molecular weight is 238 g/mol. The van der Waals surface area contributed by atoms with Crippen LogP contribution in [0.15, 0.2) is 12.2 Å². The lowest BCUT2D eigenvalue weighted by Gasteiger charge is -2.37. The molecule has 17 heavy (non-hydrogen) atoms. The monoisotopic (exact) mass is 238 g/mol. The third-order valence-corrected chi connectivity index (χ3v) is 3.96. The van der Waals surface area contributed by atoms with E-state index in [2.05, 4.69) is 13.0 Å². The molecule has 0 bridgehead atoms. The minimum atomic E-state index is -0.497. The van der Waals surface area contributed by atoms with E-state index in [4.69, 9.17) is 9.47 Å². The zero-order valence-corrected chi connectivity index (χ0v) is 10.7. The molecule has 0 radical (unpaired) electrons. The lowest BCUT2D eigenvalue weighted by Crippen LogP contribution is -2.40. The molecule has 0 N–H and O–H groups in total. The maximum atomic E-state index is 11.5. The molecule has 2 rings (SSSR count). The Hall–Kier alpha value is -0.830. The van der Waals surface area contributed by atoms with Crippen LogP contribution in [0.5, 0.6) is 0 Å². The first-order valence-corrected chi connectivity index (χ1v) is 6.64. The zero-order chi connectivity index (χ0) is 12.3. The van der Waals surface area contributed by atoms with Crippen molar-refractivity contribution in [3.8, 4) is 0 Å². The van der Waals surface area contributed by atoms with E-state index >= 15 is 0 Å². The van der Waals surface area contributed by atoms with Gasteiger partial charge < -0.3 is 9.47 Å². The number of esters is 1. The van der Waals surface area contributed by atoms with Crippen molar-refractivity contribution in [1.82, 2.24) is 0 Å². The number of carbonyl (C=O) groups is 1. The topological polar surface area (TPSA) is 35.5 Å². The van der Waals surface area contributed by atoms with Gasteiger partial charge in [-0.2, -0.15) is 0 Å². The third-order valence-electron chi connectivity index (χ3n) is 3.96. The molecule has 0 aromatic heterocycles. The molecule has 0 aromatic rings. The van der Waals surface area contributed by atoms with Crippen LogP contribution in [-0.4, -0.2) is 25.3 Å². The second-order valence-electron chi connectivity index (χ2n) is 5.19. The molecule has 0 saturated heterocycles. The maximum Gasteiger partial charge on any atom is 0.339 e. The predicted molar refractivity (Wildman–Crippen MR) is 65.6 cm³/mol. The summed E-state index contributed by atoms with van der Waals surface area (Å²) in [6.45, 7) is 2.17. The van der Waals surface area contributed by atoms with Gasteiger partial charge in [0.25, 0.3) is 0 Å². The summed E-state index contributed by atoms with van der Waals surface area (Å²) < 4.78 is 10.7. The van der Waals surface area contributed by atoms with Crippen LogP contribution in [0.25, 0.3) is 0 Å². The fourth-order valence-corrected chi connectivity index (χ4v) is 2.98. The number of rotatable bonds is 2. The van der Waals surface area contributed by atoms with Crippen molar-refractivity contribution in [1.29, 1.82) is 0 Å². The molecule has 1 aliphatic heterocycles. The van der Waals surface area contributed by atoms with Crippen LogP contribution >= 0.6 is 0 Å². The van der Waals surface area contributed by atoms with Gasteiger partial charge in [0.15, 0.2) is 6.10 Å². The highest BCUT2D eigenvalue weighted by molar-refractivity contribution is 5.76. The first-order chi connectivity index (χ1) is 8.22. The van der Waals surface area contributed by atoms with Gasteiger partial charge in [-0.3, -0.25) is 0 Å². The Morgan fingerprint density at radius 3 is 2.59 bits per heavy atom. The van der Waals surface area contributed by atoms with Crippen molar-refractivity contribution in [3.05, 3.63) is 12.2 Å². The Kier molecular flexibility index (Phi) is 4.21. The molecule has 3 atom stereocenters. The smallest absolute Gasteiger partial charge is 0.339 e. The van der Waals surface area contributed by atoms with Crippen molar-refractivity contribution in [2.45, 2.75) is 51.2 Å². The van der Waals surface area contributed by atoms with Gasteiger partial charge in [-0.15, -0.1) is 0 Å². The summed E-state index contributed by atoms with van der Waals surface area (Å²) in [7, 11) is 1.41. The second kappa shape index (κ2) is 5.67. The van der Waals surface area contributed by atoms with Gasteiger partial charge in [0.1, 0.15) is 0 Å². The number of hydrogen-bond donors (Lipinski definition) is 0. The van der Waals surface area contributed by atoms with Gasteiger partial charge in [0.05, 0.1) is 13.2 Å². The van der Waals surface area contributed by atoms with Crippen molar-refractivity contribution >= 4 is 5.97 Å². The molecule has 2 aliphatic rings. The van der Waals surface area contributed by atoms with Crippen LogP contribution in [0.2, 0.25) is 0 Å². The summed E-state index contributed by atoms with van der Waals surface area (Å²) in [6.07, 6.45) is 10.0. The third kappa shape index (κ3) is 2.89. The van der Waals surface area contributed by atoms with Crippen LogP contribution in [0.4, 0.5) is 0 Å². The van der Waals surface area contributed by atoms with Gasteiger partial charge in [0.2, 0.25) is 0 Å². The zero-order valence-electron chi connectivity index (χ0n) is 10.7. The minimum absolute atomic E-state index is 0.185. The lowest BCUT2D eigenvalue weighted by atomic mass is 9.80. The Labute approximate surface area is 103 Å². The molecule has 0 unspecified atom stereocenters. The molecule has 1 heterocycles. The predicted octanol–water partition coefficient (Wildman–Crippen LogP) is 2.70. The summed E-state index contributed by atoms with van der Waals surface area (Å²) in [5, 5.41) is 0. The van der Waals surface area contributed by atoms with E-state index in [1.54, 1.807) is 0 Å². The molecular formula is C14H22O3. The summed E-state index contributed by atoms with van der Waals surface area (Å²) in [5.74, 6) is 0.726. The lowest BCUT2D eigenvalue weighted by molar-refractivity contribution is -0.159. The highest BCUT2D eigenvalue weighted by Crippen LogP contribution is 2.34. The highest BCUT2D eigenvalue weighted by atomic mass is 16.6. The summed E-state index contributed by atoms with van der Waals surface area (Å²) in [4.78, 5) is 11.5. The van der Waals surface area contributed by atoms with Crippen molar-refractivity contribution in [3.63, 3.8) is 0 Å². The van der Waals surface area contributed by atoms with Crippen LogP contribution in [0.3, 0.4) is 0 Å². The highest BCUT2D eigenvalue weighted by Gasteiger charge is 2.34. The normalized spacial score (nSPS) is 34.6. The molecule has 1 aliphatic carbocycles. The van der Waals surface area contributed by atoms with E-state index in [1.165, 1.54) is 39.2 Å². The van der Waals surface area contributed by atoms with Gasteiger partial charge in [-0.05, 0) is 24.8 Å². The fraction of sp³-hybridized carbons (Fsp3) is 0.786. The molecule has 1 saturated carbocycles. The fourth-order valence-electron chi connectivity index (χ4n) is 2.98. The number of ether oxygens (including phenoxy) is 2. The van der Waals surface area contributed by atoms with E-state index in [-0.39, 0.29) is 12.1 Å². The standard InChI is InChI=1S/C14H22O3/c1-10-8-9-12(14(15)16-2)17-13(10)11-6-4-3-5-7-11/h8-13H,3-7H2,1-2H3/t10-,12+,13-/m0/s1. The first kappa shape index (κ1) is 12.6. The number of carbonyl (C=O) groups excluding carboxylic acids is 1. The van der Waals surface area contributed by atoms with Crippen molar-refractivity contribution < 1.29 is 14.3 Å². The molecule has 1 fully saturated rings. The van der Waals surface area contributed by atoms with E-state index < -0.39 is 6.10 Å². The van der Waals surface area contributed by atoms with Crippen molar-refractivity contribution in [2.24, 2.45) is 11.8 Å². The molecule has 0 aromatic carbocycles. The molecule has 0 spiro atoms. The van der Waals surface area contributed by atoms with Gasteiger partial charge in [-0.1, -0.05) is 32.3 Å². The Morgan fingerprint density at radius 1 is 1.24 bits per heavy atom. The summed E-state index contributed by atoms with van der Waals surface area (Å²) >= 11 is 0. The van der Waals surface area contributed by atoms with Gasteiger partial charge in [0, 0.05) is 5.92 Å². The molecular weight excluding hydrogens is 216 g/mol. The quantitative estimate of drug-likeness (QED) is 0.548. The molecule has 3 nitrogen and oxygen atoms in total. The van der Waals surface area contributed by atoms with Crippen LogP contribution in [0, 0.1) is 11.8 Å². The SMILES string of the molecule is COC(=O)[C@H]1C=C[C@H](C)[C@@H](C2CCCCC2)O1. The van der Waals surface area contributed by atoms with E-state index in [0.29, 0.717) is 11.8 Å². The van der Waals surface area contributed by atoms with E-state index in [9.17, 15) is 4.79 Å². The Morgan fingerprint density at radius 2 is 1.94 bits per heavy atom. The molecule has 96 valence electrons. The first-order valence-electron chi connectivity index (χ1n) is 6.64. The Bertz CT molecular complexity index is 292. The number of hydrogen-bond acceptors (Lipinski definition) is 3. The maximum absolute atomic E-state index is 11.5. The van der Waals surface area contributed by atoms with E-state index in [1.807, 2.05) is 6.08 Å². The summed E-state index contributed by atoms with van der Waals surface area (Å²) in [5.41, 5.74) is 0. The van der Waals surface area contributed by atoms with Gasteiger partial charge >= 0.3 is 5.97 Å². The van der Waals surface area contributed by atoms with Gasteiger partial charge in [-0.25, -0.2) is 4.79 Å². The minimum Gasteiger partial charge on any atom is -0.467 e. The molecule has 0 amide bonds.